The monoisotopic (exact) mass is 419 g/mol. The molecule has 0 aliphatic rings. The van der Waals surface area contributed by atoms with Gasteiger partial charge in [-0.25, -0.2) is 0 Å². The number of rotatable bonds is 8. The van der Waals surface area contributed by atoms with E-state index in [4.69, 9.17) is 0 Å². The fourth-order valence-electron chi connectivity index (χ4n) is 2.12. The molecule has 1 rings (SSSR count). The van der Waals surface area contributed by atoms with E-state index in [0.717, 1.165) is 40.4 Å². The molecule has 0 radical (unpaired) electrons. The lowest BCUT2D eigenvalue weighted by atomic mass is 10.1. The summed E-state index contributed by atoms with van der Waals surface area (Å²) in [6.45, 7) is 12.3. The lowest BCUT2D eigenvalue weighted by molar-refractivity contribution is 0.235. The summed E-state index contributed by atoms with van der Waals surface area (Å²) in [6.07, 6.45) is 2.44. The molecule has 21 heavy (non-hydrogen) atoms. The van der Waals surface area contributed by atoms with E-state index in [1.54, 1.807) is 0 Å². The van der Waals surface area contributed by atoms with Crippen molar-refractivity contribution in [2.75, 3.05) is 13.1 Å². The smallest absolute Gasteiger partial charge is 0.143 e. The van der Waals surface area contributed by atoms with Gasteiger partial charge < -0.3 is 5.11 Å². The molecule has 0 fully saturated rings. The van der Waals surface area contributed by atoms with Crippen molar-refractivity contribution in [3.05, 3.63) is 26.6 Å². The van der Waals surface area contributed by atoms with Crippen molar-refractivity contribution in [1.82, 2.24) is 4.90 Å². The minimum absolute atomic E-state index is 0.273. The van der Waals surface area contributed by atoms with Crippen LogP contribution in [0, 0.1) is 11.8 Å². The van der Waals surface area contributed by atoms with Gasteiger partial charge in [0.2, 0.25) is 0 Å². The van der Waals surface area contributed by atoms with Crippen LogP contribution >= 0.6 is 31.9 Å². The molecule has 0 heterocycles. The first-order valence-electron chi connectivity index (χ1n) is 7.68. The predicted molar refractivity (Wildman–Crippen MR) is 97.7 cm³/mol. The molecule has 0 saturated carbocycles. The van der Waals surface area contributed by atoms with Gasteiger partial charge in [0.15, 0.2) is 0 Å². The Hall–Kier alpha value is -0.0600. The van der Waals surface area contributed by atoms with Crippen LogP contribution in [0.25, 0.3) is 0 Å². The highest BCUT2D eigenvalue weighted by Gasteiger charge is 2.11. The molecule has 0 unspecified atom stereocenters. The third kappa shape index (κ3) is 7.16. The summed E-state index contributed by atoms with van der Waals surface area (Å²) < 4.78 is 1.50. The lowest BCUT2D eigenvalue weighted by Gasteiger charge is -2.24. The zero-order valence-electron chi connectivity index (χ0n) is 13.5. The molecule has 0 aromatic heterocycles. The zero-order valence-corrected chi connectivity index (χ0v) is 16.7. The van der Waals surface area contributed by atoms with Crippen molar-refractivity contribution in [2.45, 2.75) is 47.1 Å². The fourth-order valence-corrected chi connectivity index (χ4v) is 3.40. The Bertz CT molecular complexity index is 411. The maximum atomic E-state index is 9.81. The van der Waals surface area contributed by atoms with E-state index in [1.165, 1.54) is 18.4 Å². The topological polar surface area (TPSA) is 23.5 Å². The number of nitrogens with zero attached hydrogens (tertiary/aromatic N) is 1. The van der Waals surface area contributed by atoms with Gasteiger partial charge in [-0.1, -0.05) is 27.7 Å². The minimum atomic E-state index is 0.273. The zero-order chi connectivity index (χ0) is 16.0. The van der Waals surface area contributed by atoms with Crippen LogP contribution in [0.2, 0.25) is 0 Å². The van der Waals surface area contributed by atoms with Gasteiger partial charge in [0, 0.05) is 6.54 Å². The number of aromatic hydroxyl groups is 1. The maximum absolute atomic E-state index is 9.81. The summed E-state index contributed by atoms with van der Waals surface area (Å²) in [5.74, 6) is 1.73. The summed E-state index contributed by atoms with van der Waals surface area (Å²) in [4.78, 5) is 2.52. The molecule has 0 aliphatic heterocycles. The van der Waals surface area contributed by atoms with E-state index in [9.17, 15) is 5.11 Å². The van der Waals surface area contributed by atoms with Crippen LogP contribution < -0.4 is 0 Å². The number of phenolic OH excluding ortho intramolecular Hbond substituents is 1. The van der Waals surface area contributed by atoms with Crippen LogP contribution in [0.15, 0.2) is 21.1 Å². The third-order valence-electron chi connectivity index (χ3n) is 3.53. The molecule has 0 bridgehead atoms. The van der Waals surface area contributed by atoms with Crippen LogP contribution in [-0.2, 0) is 6.54 Å². The Morgan fingerprint density at radius 2 is 1.38 bits per heavy atom. The quantitative estimate of drug-likeness (QED) is 0.573. The Morgan fingerprint density at radius 3 is 1.76 bits per heavy atom. The van der Waals surface area contributed by atoms with Crippen molar-refractivity contribution < 1.29 is 5.11 Å². The minimum Gasteiger partial charge on any atom is -0.506 e. The molecule has 1 aromatic rings. The summed E-state index contributed by atoms with van der Waals surface area (Å²) >= 11 is 6.83. The SMILES string of the molecule is CC(C)CCN(CCC(C)C)Cc1cc(Br)c(O)c(Br)c1. The highest BCUT2D eigenvalue weighted by molar-refractivity contribution is 9.11. The van der Waals surface area contributed by atoms with Crippen LogP contribution in [-0.4, -0.2) is 23.1 Å². The second-order valence-corrected chi connectivity index (χ2v) is 8.26. The number of halogens is 2. The first-order chi connectivity index (χ1) is 9.79. The van der Waals surface area contributed by atoms with Gasteiger partial charge in [0.25, 0.3) is 0 Å². The number of hydrogen-bond donors (Lipinski definition) is 1. The largest absolute Gasteiger partial charge is 0.506 e. The Labute approximate surface area is 146 Å². The summed E-state index contributed by atoms with van der Waals surface area (Å²) in [7, 11) is 0. The van der Waals surface area contributed by atoms with Crippen molar-refractivity contribution in [1.29, 1.82) is 0 Å². The molecule has 0 spiro atoms. The standard InChI is InChI=1S/C17H27Br2NO/c1-12(2)5-7-20(8-6-13(3)4)11-14-9-15(18)17(21)16(19)10-14/h9-10,12-13,21H,5-8,11H2,1-4H3. The van der Waals surface area contributed by atoms with Gasteiger partial charge >= 0.3 is 0 Å². The molecule has 1 aromatic carbocycles. The number of benzene rings is 1. The van der Waals surface area contributed by atoms with E-state index in [0.29, 0.717) is 0 Å². The van der Waals surface area contributed by atoms with Gasteiger partial charge in [-0.05, 0) is 87.3 Å². The molecule has 0 saturated heterocycles. The molecule has 0 atom stereocenters. The first-order valence-corrected chi connectivity index (χ1v) is 9.27. The van der Waals surface area contributed by atoms with Gasteiger partial charge in [-0.2, -0.15) is 0 Å². The average molecular weight is 421 g/mol. The van der Waals surface area contributed by atoms with Crippen molar-refractivity contribution in [3.8, 4) is 5.75 Å². The van der Waals surface area contributed by atoms with Crippen molar-refractivity contribution in [2.24, 2.45) is 11.8 Å². The molecular formula is C17H27Br2NO. The highest BCUT2D eigenvalue weighted by Crippen LogP contribution is 2.33. The normalized spacial score (nSPS) is 11.9. The molecule has 0 aliphatic carbocycles. The van der Waals surface area contributed by atoms with Crippen molar-refractivity contribution in [3.63, 3.8) is 0 Å². The van der Waals surface area contributed by atoms with Crippen molar-refractivity contribution >= 4 is 31.9 Å². The van der Waals surface area contributed by atoms with Crippen LogP contribution in [0.5, 0.6) is 5.75 Å². The van der Waals surface area contributed by atoms with Crippen LogP contribution in [0.3, 0.4) is 0 Å². The molecule has 120 valence electrons. The Morgan fingerprint density at radius 1 is 0.952 bits per heavy atom. The summed E-state index contributed by atoms with van der Waals surface area (Å²) in [5, 5.41) is 9.81. The van der Waals surface area contributed by atoms with Gasteiger partial charge in [0.05, 0.1) is 8.95 Å². The Kier molecular flexibility index (Phi) is 8.28. The van der Waals surface area contributed by atoms with E-state index in [2.05, 4.69) is 64.5 Å². The third-order valence-corrected chi connectivity index (χ3v) is 4.74. The number of hydrogen-bond acceptors (Lipinski definition) is 2. The van der Waals surface area contributed by atoms with E-state index >= 15 is 0 Å². The molecule has 0 amide bonds. The highest BCUT2D eigenvalue weighted by atomic mass is 79.9. The number of phenols is 1. The van der Waals surface area contributed by atoms with Gasteiger partial charge in [-0.15, -0.1) is 0 Å². The second-order valence-electron chi connectivity index (χ2n) is 6.55. The van der Waals surface area contributed by atoms with Gasteiger partial charge in [-0.3, -0.25) is 4.90 Å². The summed E-state index contributed by atoms with van der Waals surface area (Å²) in [6, 6.07) is 4.02. The van der Waals surface area contributed by atoms with Crippen LogP contribution in [0.1, 0.15) is 46.1 Å². The Balaban J connectivity index is 2.74. The molecule has 4 heteroatoms. The summed E-state index contributed by atoms with van der Waals surface area (Å²) in [5.41, 5.74) is 1.22. The van der Waals surface area contributed by atoms with Gasteiger partial charge in [0.1, 0.15) is 5.75 Å². The molecule has 2 nitrogen and oxygen atoms in total. The first kappa shape index (κ1) is 19.0. The fraction of sp³-hybridized carbons (Fsp3) is 0.647. The molecular weight excluding hydrogens is 394 g/mol. The van der Waals surface area contributed by atoms with E-state index in [1.807, 2.05) is 12.1 Å². The average Bonchev–Trinajstić information content (AvgIpc) is 2.38. The lowest BCUT2D eigenvalue weighted by Crippen LogP contribution is -2.27. The molecule has 1 N–H and O–H groups in total. The maximum Gasteiger partial charge on any atom is 0.143 e. The van der Waals surface area contributed by atoms with E-state index in [-0.39, 0.29) is 5.75 Å². The van der Waals surface area contributed by atoms with E-state index < -0.39 is 0 Å². The predicted octanol–water partition coefficient (Wildman–Crippen LogP) is 5.81. The second kappa shape index (κ2) is 9.16. The van der Waals surface area contributed by atoms with Crippen LogP contribution in [0.4, 0.5) is 0 Å².